The molecule has 1 atom stereocenters. The molecule has 0 saturated carbocycles. The third kappa shape index (κ3) is 6.99. The molecule has 1 heterocycles. The van der Waals surface area contributed by atoms with Gasteiger partial charge in [0.05, 0.1) is 19.1 Å². The average molecular weight is 529 g/mol. The molecule has 1 unspecified atom stereocenters. The van der Waals surface area contributed by atoms with Crippen LogP contribution in [0.2, 0.25) is 0 Å². The van der Waals surface area contributed by atoms with Crippen LogP contribution in [-0.2, 0) is 16.1 Å². The van der Waals surface area contributed by atoms with E-state index in [0.29, 0.717) is 25.3 Å². The molecule has 7 nitrogen and oxygen atoms in total. The first-order valence-corrected chi connectivity index (χ1v) is 13.4. The molecule has 39 heavy (non-hydrogen) atoms. The Bertz CT molecular complexity index is 1400. The molecule has 0 saturated heterocycles. The summed E-state index contributed by atoms with van der Waals surface area (Å²) in [5, 5.41) is 4.58. The number of benzene rings is 3. The van der Waals surface area contributed by atoms with Crippen molar-refractivity contribution >= 4 is 28.5 Å². The number of hydrogen-bond acceptors (Lipinski definition) is 6. The molecular formula is C32H36N2O5. The second-order valence-electron chi connectivity index (χ2n) is 9.49. The van der Waals surface area contributed by atoms with Crippen molar-refractivity contribution in [2.75, 3.05) is 25.5 Å². The van der Waals surface area contributed by atoms with Gasteiger partial charge in [0.25, 0.3) is 5.91 Å². The van der Waals surface area contributed by atoms with Gasteiger partial charge >= 0.3 is 5.97 Å². The number of nitrogens with zero attached hydrogens (tertiary/aromatic N) is 1. The van der Waals surface area contributed by atoms with Crippen LogP contribution in [0.4, 0.5) is 5.69 Å². The van der Waals surface area contributed by atoms with Crippen molar-refractivity contribution in [3.8, 4) is 5.75 Å². The lowest BCUT2D eigenvalue weighted by atomic mass is 10.0. The molecule has 0 aliphatic rings. The molecule has 1 amide bonds. The minimum absolute atomic E-state index is 0.0418. The van der Waals surface area contributed by atoms with E-state index in [9.17, 15) is 9.59 Å². The quantitative estimate of drug-likeness (QED) is 0.201. The number of furan rings is 1. The first-order chi connectivity index (χ1) is 18.9. The zero-order chi connectivity index (χ0) is 27.8. The molecule has 0 radical (unpaired) electrons. The maximum Gasteiger partial charge on any atom is 0.307 e. The summed E-state index contributed by atoms with van der Waals surface area (Å²) in [5.41, 5.74) is 4.46. The Morgan fingerprint density at radius 3 is 2.44 bits per heavy atom. The number of ether oxygens (including phenoxy) is 2. The van der Waals surface area contributed by atoms with Gasteiger partial charge < -0.3 is 24.1 Å². The fraction of sp³-hybridized carbons (Fsp3) is 0.312. The average Bonchev–Trinajstić information content (AvgIpc) is 3.29. The van der Waals surface area contributed by atoms with Gasteiger partial charge in [0.15, 0.2) is 0 Å². The van der Waals surface area contributed by atoms with Crippen LogP contribution in [-0.4, -0.2) is 37.0 Å². The smallest absolute Gasteiger partial charge is 0.307 e. The van der Waals surface area contributed by atoms with Crippen LogP contribution in [0.5, 0.6) is 5.75 Å². The Labute approximate surface area is 229 Å². The van der Waals surface area contributed by atoms with Gasteiger partial charge in [0.1, 0.15) is 23.7 Å². The molecule has 4 rings (SSSR count). The highest BCUT2D eigenvalue weighted by atomic mass is 16.5. The number of aryl methyl sites for hydroxylation is 1. The maximum atomic E-state index is 12.8. The van der Waals surface area contributed by atoms with Crippen LogP contribution >= 0.6 is 0 Å². The number of amides is 1. The Morgan fingerprint density at radius 2 is 1.74 bits per heavy atom. The van der Waals surface area contributed by atoms with Gasteiger partial charge in [-0.05, 0) is 68.3 Å². The second-order valence-corrected chi connectivity index (χ2v) is 9.49. The fourth-order valence-electron chi connectivity index (χ4n) is 4.46. The van der Waals surface area contributed by atoms with E-state index < -0.39 is 0 Å². The number of anilines is 1. The lowest BCUT2D eigenvalue weighted by Crippen LogP contribution is -2.29. The van der Waals surface area contributed by atoms with Crippen LogP contribution in [0.25, 0.3) is 11.0 Å². The predicted molar refractivity (Wildman–Crippen MR) is 153 cm³/mol. The SMILES string of the molecule is CCOC(=O)CCN(C)C(=O)c1ccc(NC(CC)c2oc3ccc(OCc4ccccc4)cc3c2C)cc1. The van der Waals surface area contributed by atoms with Gasteiger partial charge in [-0.3, -0.25) is 9.59 Å². The molecule has 0 bridgehead atoms. The molecule has 0 aliphatic heterocycles. The third-order valence-corrected chi connectivity index (χ3v) is 6.69. The van der Waals surface area contributed by atoms with Crippen molar-refractivity contribution in [2.24, 2.45) is 0 Å². The van der Waals surface area contributed by atoms with E-state index in [4.69, 9.17) is 13.9 Å². The summed E-state index contributed by atoms with van der Waals surface area (Å²) in [4.78, 5) is 25.9. The lowest BCUT2D eigenvalue weighted by Gasteiger charge is -2.19. The normalized spacial score (nSPS) is 11.7. The van der Waals surface area contributed by atoms with Gasteiger partial charge in [0, 0.05) is 35.8 Å². The largest absolute Gasteiger partial charge is 0.489 e. The van der Waals surface area contributed by atoms with Crippen LogP contribution in [0.15, 0.2) is 77.2 Å². The Balaban J connectivity index is 1.42. The number of hydrogen-bond donors (Lipinski definition) is 1. The van der Waals surface area contributed by atoms with Crippen molar-refractivity contribution in [1.29, 1.82) is 0 Å². The monoisotopic (exact) mass is 528 g/mol. The molecule has 0 spiro atoms. The highest BCUT2D eigenvalue weighted by Crippen LogP contribution is 2.35. The Hall–Kier alpha value is -4.26. The minimum Gasteiger partial charge on any atom is -0.489 e. The third-order valence-electron chi connectivity index (χ3n) is 6.69. The van der Waals surface area contributed by atoms with Crippen LogP contribution in [0.3, 0.4) is 0 Å². The van der Waals surface area contributed by atoms with E-state index in [0.717, 1.165) is 45.7 Å². The van der Waals surface area contributed by atoms with Gasteiger partial charge in [-0.2, -0.15) is 0 Å². The van der Waals surface area contributed by atoms with Gasteiger partial charge in [-0.15, -0.1) is 0 Å². The number of fused-ring (bicyclic) bond motifs is 1. The molecule has 204 valence electrons. The first kappa shape index (κ1) is 27.8. The molecule has 3 aromatic carbocycles. The van der Waals surface area contributed by atoms with E-state index in [1.54, 1.807) is 26.1 Å². The number of esters is 1. The summed E-state index contributed by atoms with van der Waals surface area (Å²) in [7, 11) is 1.68. The summed E-state index contributed by atoms with van der Waals surface area (Å²) >= 11 is 0. The van der Waals surface area contributed by atoms with E-state index in [1.807, 2.05) is 60.7 Å². The summed E-state index contributed by atoms with van der Waals surface area (Å²) in [6, 6.07) is 23.3. The van der Waals surface area contributed by atoms with Crippen molar-refractivity contribution in [3.63, 3.8) is 0 Å². The summed E-state index contributed by atoms with van der Waals surface area (Å²) in [6.07, 6.45) is 0.987. The van der Waals surface area contributed by atoms with E-state index in [-0.39, 0.29) is 24.3 Å². The lowest BCUT2D eigenvalue weighted by molar-refractivity contribution is -0.143. The molecule has 4 aromatic rings. The van der Waals surface area contributed by atoms with Crippen LogP contribution in [0, 0.1) is 6.92 Å². The highest BCUT2D eigenvalue weighted by Gasteiger charge is 2.20. The predicted octanol–water partition coefficient (Wildman–Crippen LogP) is 6.91. The summed E-state index contributed by atoms with van der Waals surface area (Å²) in [5.74, 6) is 1.23. The highest BCUT2D eigenvalue weighted by molar-refractivity contribution is 5.94. The number of carbonyl (C=O) groups is 2. The molecule has 7 heteroatoms. The van der Waals surface area contributed by atoms with Gasteiger partial charge in [-0.25, -0.2) is 0 Å². The summed E-state index contributed by atoms with van der Waals surface area (Å²) < 4.78 is 17.2. The second kappa shape index (κ2) is 13.0. The number of carbonyl (C=O) groups excluding carboxylic acids is 2. The Kier molecular flexibility index (Phi) is 9.26. The minimum atomic E-state index is -0.306. The Morgan fingerprint density at radius 1 is 1.00 bits per heavy atom. The number of nitrogens with one attached hydrogen (secondary N) is 1. The topological polar surface area (TPSA) is 81.0 Å². The summed E-state index contributed by atoms with van der Waals surface area (Å²) in [6.45, 7) is 7.09. The number of rotatable bonds is 12. The molecule has 0 fully saturated rings. The van der Waals surface area contributed by atoms with Crippen molar-refractivity contribution in [3.05, 3.63) is 95.2 Å². The standard InChI is InChI=1S/C32H36N2O5/c1-5-28(33-25-14-12-24(13-15-25)32(36)34(4)19-18-30(35)37-6-2)31-22(3)27-20-26(16-17-29(27)39-31)38-21-23-10-8-7-9-11-23/h7-17,20,28,33H,5-6,18-19,21H2,1-4H3. The van der Waals surface area contributed by atoms with Crippen molar-refractivity contribution in [2.45, 2.75) is 46.3 Å². The van der Waals surface area contributed by atoms with Crippen molar-refractivity contribution < 1.29 is 23.5 Å². The fourth-order valence-corrected chi connectivity index (χ4v) is 4.46. The maximum absolute atomic E-state index is 12.8. The van der Waals surface area contributed by atoms with Gasteiger partial charge in [-0.1, -0.05) is 37.3 Å². The molecular weight excluding hydrogens is 492 g/mol. The van der Waals surface area contributed by atoms with Crippen LogP contribution in [0.1, 0.15) is 60.0 Å². The molecule has 1 aromatic heterocycles. The van der Waals surface area contributed by atoms with E-state index in [2.05, 4.69) is 19.2 Å². The van der Waals surface area contributed by atoms with E-state index in [1.165, 1.54) is 4.90 Å². The molecule has 1 N–H and O–H groups in total. The van der Waals surface area contributed by atoms with Gasteiger partial charge in [0.2, 0.25) is 0 Å². The first-order valence-electron chi connectivity index (χ1n) is 13.4. The zero-order valence-electron chi connectivity index (χ0n) is 23.0. The van der Waals surface area contributed by atoms with Crippen LogP contribution < -0.4 is 10.1 Å². The molecule has 0 aliphatic carbocycles. The zero-order valence-corrected chi connectivity index (χ0v) is 23.0. The van der Waals surface area contributed by atoms with Crippen molar-refractivity contribution in [1.82, 2.24) is 4.90 Å². The van der Waals surface area contributed by atoms with E-state index >= 15 is 0 Å².